The standard InChI is InChI=1S/C39H28N2O2/c42-37(31-19-11-17-29(25-31)27-13-3-1-4-14-27)40-39(35-23-9-7-21-33(35)34-22-8-10-24-36(34)39)41-38(43)32-20-12-18-30(26-32)28-15-5-2-6-16-28/h1-26H,(H,40,42)(H,41,43). The van der Waals surface area contributed by atoms with Gasteiger partial charge in [-0.05, 0) is 57.6 Å². The molecular formula is C39H28N2O2. The highest BCUT2D eigenvalue weighted by Gasteiger charge is 2.46. The summed E-state index contributed by atoms with van der Waals surface area (Å²) in [5.41, 5.74) is 7.22. The van der Waals surface area contributed by atoms with E-state index in [2.05, 4.69) is 10.6 Å². The molecule has 0 aliphatic heterocycles. The average molecular weight is 557 g/mol. The molecule has 2 N–H and O–H groups in total. The molecule has 0 heterocycles. The van der Waals surface area contributed by atoms with Gasteiger partial charge in [-0.25, -0.2) is 0 Å². The molecule has 0 atom stereocenters. The van der Waals surface area contributed by atoms with Crippen molar-refractivity contribution in [2.75, 3.05) is 0 Å². The van der Waals surface area contributed by atoms with E-state index in [0.29, 0.717) is 11.1 Å². The van der Waals surface area contributed by atoms with Crippen LogP contribution in [-0.4, -0.2) is 11.8 Å². The number of hydrogen-bond acceptors (Lipinski definition) is 2. The van der Waals surface area contributed by atoms with Crippen LogP contribution in [0.15, 0.2) is 158 Å². The van der Waals surface area contributed by atoms with Gasteiger partial charge in [-0.3, -0.25) is 9.59 Å². The van der Waals surface area contributed by atoms with Gasteiger partial charge in [0.05, 0.1) is 0 Å². The fourth-order valence-electron chi connectivity index (χ4n) is 5.96. The van der Waals surface area contributed by atoms with Crippen LogP contribution in [-0.2, 0) is 5.66 Å². The Hall–Kier alpha value is -5.74. The summed E-state index contributed by atoms with van der Waals surface area (Å²) in [4.78, 5) is 28.2. The Morgan fingerprint density at radius 2 is 0.767 bits per heavy atom. The molecule has 0 radical (unpaired) electrons. The number of amides is 2. The van der Waals surface area contributed by atoms with Gasteiger partial charge in [0.25, 0.3) is 11.8 Å². The van der Waals surface area contributed by atoms with E-state index in [1.165, 1.54) is 0 Å². The zero-order valence-electron chi connectivity index (χ0n) is 23.3. The smallest absolute Gasteiger partial charge is 0.253 e. The van der Waals surface area contributed by atoms with Crippen LogP contribution < -0.4 is 10.6 Å². The van der Waals surface area contributed by atoms with Crippen molar-refractivity contribution >= 4 is 11.8 Å². The maximum atomic E-state index is 14.1. The summed E-state index contributed by atoms with van der Waals surface area (Å²) in [7, 11) is 0. The van der Waals surface area contributed by atoms with Gasteiger partial charge in [0.15, 0.2) is 5.66 Å². The number of fused-ring (bicyclic) bond motifs is 3. The van der Waals surface area contributed by atoms with E-state index in [9.17, 15) is 9.59 Å². The Morgan fingerprint density at radius 3 is 1.21 bits per heavy atom. The van der Waals surface area contributed by atoms with Crippen molar-refractivity contribution in [1.29, 1.82) is 0 Å². The molecule has 0 saturated heterocycles. The molecule has 4 nitrogen and oxygen atoms in total. The third-order valence-corrected chi connectivity index (χ3v) is 8.02. The zero-order valence-corrected chi connectivity index (χ0v) is 23.3. The Morgan fingerprint density at radius 1 is 0.395 bits per heavy atom. The predicted octanol–water partition coefficient (Wildman–Crippen LogP) is 8.06. The van der Waals surface area contributed by atoms with Crippen LogP contribution in [0.2, 0.25) is 0 Å². The summed E-state index contributed by atoms with van der Waals surface area (Å²) in [5.74, 6) is -0.578. The molecule has 43 heavy (non-hydrogen) atoms. The SMILES string of the molecule is O=C(NC1(NC(=O)c2cccc(-c3ccccc3)c2)c2ccccc2-c2ccccc21)c1cccc(-c2ccccc2)c1. The van der Waals surface area contributed by atoms with Crippen LogP contribution >= 0.6 is 0 Å². The first-order valence-electron chi connectivity index (χ1n) is 14.3. The molecule has 0 saturated carbocycles. The highest BCUT2D eigenvalue weighted by atomic mass is 16.2. The Kier molecular flexibility index (Phi) is 6.65. The van der Waals surface area contributed by atoms with E-state index >= 15 is 0 Å². The van der Waals surface area contributed by atoms with Crippen molar-refractivity contribution in [1.82, 2.24) is 10.6 Å². The Labute approximate surface area is 250 Å². The van der Waals surface area contributed by atoms with Gasteiger partial charge >= 0.3 is 0 Å². The van der Waals surface area contributed by atoms with Crippen LogP contribution in [0.1, 0.15) is 31.8 Å². The first-order chi connectivity index (χ1) is 21.1. The lowest BCUT2D eigenvalue weighted by Crippen LogP contribution is -2.57. The zero-order chi connectivity index (χ0) is 29.2. The third-order valence-electron chi connectivity index (χ3n) is 8.02. The van der Waals surface area contributed by atoms with E-state index in [4.69, 9.17) is 0 Å². The minimum absolute atomic E-state index is 0.289. The highest BCUT2D eigenvalue weighted by molar-refractivity contribution is 6.01. The summed E-state index contributed by atoms with van der Waals surface area (Å²) in [6, 6.07) is 50.9. The summed E-state index contributed by atoms with van der Waals surface area (Å²) in [5, 5.41) is 6.55. The van der Waals surface area contributed by atoms with E-state index in [0.717, 1.165) is 44.5 Å². The number of hydrogen-bond donors (Lipinski definition) is 2. The molecule has 7 rings (SSSR count). The molecule has 0 aromatic heterocycles. The molecule has 4 heteroatoms. The van der Waals surface area contributed by atoms with Gasteiger partial charge in [0, 0.05) is 22.3 Å². The van der Waals surface area contributed by atoms with Crippen molar-refractivity contribution in [2.24, 2.45) is 0 Å². The lowest BCUT2D eigenvalue weighted by atomic mass is 9.94. The lowest BCUT2D eigenvalue weighted by Gasteiger charge is -2.34. The monoisotopic (exact) mass is 556 g/mol. The van der Waals surface area contributed by atoms with Crippen molar-refractivity contribution < 1.29 is 9.59 Å². The van der Waals surface area contributed by atoms with Crippen molar-refractivity contribution in [2.45, 2.75) is 5.66 Å². The largest absolute Gasteiger partial charge is 0.322 e. The highest BCUT2D eigenvalue weighted by Crippen LogP contribution is 2.46. The molecule has 206 valence electrons. The second kappa shape index (κ2) is 10.9. The first kappa shape index (κ1) is 26.2. The van der Waals surface area contributed by atoms with Crippen molar-refractivity contribution in [3.05, 3.63) is 180 Å². The molecule has 0 unspecified atom stereocenters. The first-order valence-corrected chi connectivity index (χ1v) is 14.3. The van der Waals surface area contributed by atoms with Crippen molar-refractivity contribution in [3.8, 4) is 33.4 Å². The number of rotatable bonds is 6. The lowest BCUT2D eigenvalue weighted by molar-refractivity contribution is 0.0836. The van der Waals surface area contributed by atoms with Gasteiger partial charge in [-0.15, -0.1) is 0 Å². The molecule has 1 aliphatic rings. The van der Waals surface area contributed by atoms with Gasteiger partial charge < -0.3 is 10.6 Å². The van der Waals surface area contributed by atoms with Gasteiger partial charge in [-0.1, -0.05) is 133 Å². The number of carbonyl (C=O) groups is 2. The Bertz CT molecular complexity index is 1820. The van der Waals surface area contributed by atoms with E-state index < -0.39 is 5.66 Å². The van der Waals surface area contributed by atoms with Crippen LogP contribution in [0, 0.1) is 0 Å². The van der Waals surface area contributed by atoms with E-state index in [1.807, 2.05) is 146 Å². The summed E-state index contributed by atoms with van der Waals surface area (Å²) < 4.78 is 0. The van der Waals surface area contributed by atoms with E-state index in [1.54, 1.807) is 12.1 Å². The maximum Gasteiger partial charge on any atom is 0.253 e. The average Bonchev–Trinajstić information content (AvgIpc) is 3.35. The summed E-state index contributed by atoms with van der Waals surface area (Å²) >= 11 is 0. The fraction of sp³-hybridized carbons (Fsp3) is 0.0256. The van der Waals surface area contributed by atoms with Crippen molar-refractivity contribution in [3.63, 3.8) is 0 Å². The Balaban J connectivity index is 1.31. The van der Waals surface area contributed by atoms with Crippen LogP contribution in [0.4, 0.5) is 0 Å². The van der Waals surface area contributed by atoms with Crippen LogP contribution in [0.25, 0.3) is 33.4 Å². The second-order valence-corrected chi connectivity index (χ2v) is 10.6. The molecule has 2 amide bonds. The molecule has 0 spiro atoms. The molecule has 0 bridgehead atoms. The molecule has 1 aliphatic carbocycles. The summed E-state index contributed by atoms with van der Waals surface area (Å²) in [6.07, 6.45) is 0. The fourth-order valence-corrected chi connectivity index (χ4v) is 5.96. The quantitative estimate of drug-likeness (QED) is 0.204. The van der Waals surface area contributed by atoms with Gasteiger partial charge in [-0.2, -0.15) is 0 Å². The van der Waals surface area contributed by atoms with Crippen LogP contribution in [0.3, 0.4) is 0 Å². The minimum atomic E-state index is -1.28. The predicted molar refractivity (Wildman–Crippen MR) is 171 cm³/mol. The molecule has 0 fully saturated rings. The van der Waals surface area contributed by atoms with Crippen LogP contribution in [0.5, 0.6) is 0 Å². The minimum Gasteiger partial charge on any atom is -0.322 e. The number of nitrogens with one attached hydrogen (secondary N) is 2. The molecular weight excluding hydrogens is 528 g/mol. The summed E-state index contributed by atoms with van der Waals surface area (Å²) in [6.45, 7) is 0. The normalized spacial score (nSPS) is 12.6. The number of benzene rings is 6. The number of carbonyl (C=O) groups excluding carboxylic acids is 2. The molecule has 6 aromatic carbocycles. The molecule has 6 aromatic rings. The second-order valence-electron chi connectivity index (χ2n) is 10.6. The topological polar surface area (TPSA) is 58.2 Å². The van der Waals surface area contributed by atoms with Gasteiger partial charge in [0.1, 0.15) is 0 Å². The van der Waals surface area contributed by atoms with Gasteiger partial charge in [0.2, 0.25) is 0 Å². The van der Waals surface area contributed by atoms with E-state index in [-0.39, 0.29) is 11.8 Å². The maximum absolute atomic E-state index is 14.1. The third kappa shape index (κ3) is 4.79.